The molecule has 1 aromatic rings. The van der Waals surface area contributed by atoms with Gasteiger partial charge in [-0.1, -0.05) is 13.8 Å². The molecule has 6 heteroatoms. The minimum absolute atomic E-state index is 0.0899. The Morgan fingerprint density at radius 1 is 1.29 bits per heavy atom. The minimum Gasteiger partial charge on any atom is -0.348 e. The summed E-state index contributed by atoms with van der Waals surface area (Å²) < 4.78 is 0. The summed E-state index contributed by atoms with van der Waals surface area (Å²) in [7, 11) is 0. The molecular weight excluding hydrogens is 220 g/mol. The molecule has 0 saturated carbocycles. The van der Waals surface area contributed by atoms with Crippen LogP contribution in [0, 0.1) is 5.92 Å². The lowest BCUT2D eigenvalue weighted by Gasteiger charge is -2.31. The summed E-state index contributed by atoms with van der Waals surface area (Å²) >= 11 is 0. The van der Waals surface area contributed by atoms with Crippen LogP contribution in [-0.2, 0) is 16.0 Å². The molecule has 0 spiro atoms. The van der Waals surface area contributed by atoms with Gasteiger partial charge in [-0.25, -0.2) is 4.98 Å². The number of aromatic amines is 1. The molecule has 92 valence electrons. The van der Waals surface area contributed by atoms with Gasteiger partial charge in [0.1, 0.15) is 12.1 Å². The second-order valence-electron chi connectivity index (χ2n) is 4.57. The third-order valence-corrected chi connectivity index (χ3v) is 2.86. The average molecular weight is 236 g/mol. The van der Waals surface area contributed by atoms with Gasteiger partial charge in [-0.2, -0.15) is 0 Å². The molecule has 2 rings (SSSR count). The number of carbonyl (C=O) groups excluding carboxylic acids is 2. The number of aromatic nitrogens is 2. The zero-order chi connectivity index (χ0) is 12.4. The Bertz CT molecular complexity index is 413. The zero-order valence-corrected chi connectivity index (χ0v) is 9.86. The van der Waals surface area contributed by atoms with Crippen molar-refractivity contribution in [3.8, 4) is 0 Å². The summed E-state index contributed by atoms with van der Waals surface area (Å²) in [5.41, 5.74) is 0.827. The van der Waals surface area contributed by atoms with Crippen LogP contribution in [0.5, 0.6) is 0 Å². The molecule has 0 aliphatic carbocycles. The van der Waals surface area contributed by atoms with Crippen molar-refractivity contribution in [2.24, 2.45) is 5.92 Å². The Morgan fingerprint density at radius 2 is 2.06 bits per heavy atom. The summed E-state index contributed by atoms with van der Waals surface area (Å²) in [5.74, 6) is -0.172. The molecule has 2 heterocycles. The van der Waals surface area contributed by atoms with Crippen LogP contribution in [0.3, 0.4) is 0 Å². The molecule has 17 heavy (non-hydrogen) atoms. The topological polar surface area (TPSA) is 86.9 Å². The van der Waals surface area contributed by atoms with Crippen molar-refractivity contribution >= 4 is 11.8 Å². The summed E-state index contributed by atoms with van der Waals surface area (Å²) in [5, 5.41) is 5.48. The second kappa shape index (κ2) is 4.57. The molecule has 1 aliphatic rings. The fraction of sp³-hybridized carbons (Fsp3) is 0.545. The normalized spacial score (nSPS) is 24.6. The predicted molar refractivity (Wildman–Crippen MR) is 61.0 cm³/mol. The molecule has 2 unspecified atom stereocenters. The first-order chi connectivity index (χ1) is 8.08. The minimum atomic E-state index is -0.516. The van der Waals surface area contributed by atoms with Crippen molar-refractivity contribution in [1.82, 2.24) is 20.6 Å². The number of nitrogens with one attached hydrogen (secondary N) is 3. The second-order valence-corrected chi connectivity index (χ2v) is 4.57. The Kier molecular flexibility index (Phi) is 3.12. The van der Waals surface area contributed by atoms with Crippen LogP contribution in [0.25, 0.3) is 0 Å². The maximum Gasteiger partial charge on any atom is 0.243 e. The van der Waals surface area contributed by atoms with Gasteiger partial charge in [-0.05, 0) is 5.92 Å². The van der Waals surface area contributed by atoms with Crippen LogP contribution < -0.4 is 10.6 Å². The van der Waals surface area contributed by atoms with E-state index in [9.17, 15) is 9.59 Å². The van der Waals surface area contributed by atoms with Crippen LogP contribution in [-0.4, -0.2) is 33.9 Å². The van der Waals surface area contributed by atoms with Gasteiger partial charge in [0.15, 0.2) is 0 Å². The number of imidazole rings is 1. The van der Waals surface area contributed by atoms with Crippen LogP contribution >= 0.6 is 0 Å². The van der Waals surface area contributed by atoms with E-state index in [0.29, 0.717) is 6.42 Å². The summed E-state index contributed by atoms with van der Waals surface area (Å²) in [6.45, 7) is 3.81. The van der Waals surface area contributed by atoms with Crippen molar-refractivity contribution in [3.63, 3.8) is 0 Å². The molecule has 6 nitrogen and oxygen atoms in total. The molecule has 1 saturated heterocycles. The summed E-state index contributed by atoms with van der Waals surface area (Å²) in [6, 6.07) is -0.946. The van der Waals surface area contributed by atoms with E-state index in [1.54, 1.807) is 12.5 Å². The monoisotopic (exact) mass is 236 g/mol. The number of carbonyl (C=O) groups is 2. The van der Waals surface area contributed by atoms with E-state index in [0.717, 1.165) is 5.69 Å². The van der Waals surface area contributed by atoms with Crippen molar-refractivity contribution in [2.75, 3.05) is 0 Å². The molecule has 3 N–H and O–H groups in total. The van der Waals surface area contributed by atoms with E-state index in [1.165, 1.54) is 0 Å². The number of nitrogens with zero attached hydrogens (tertiary/aromatic N) is 1. The average Bonchev–Trinajstić information content (AvgIpc) is 2.75. The van der Waals surface area contributed by atoms with Gasteiger partial charge in [0.2, 0.25) is 11.8 Å². The standard InChI is InChI=1S/C11H16N4O2/c1-6(2)9-11(17)14-8(10(16)15-9)3-7-4-12-5-13-7/h4-6,8-9H,3H2,1-2H3,(H,12,13)(H,14,17)(H,15,16). The Morgan fingerprint density at radius 3 is 2.65 bits per heavy atom. The lowest BCUT2D eigenvalue weighted by Crippen LogP contribution is -2.63. The number of amides is 2. The van der Waals surface area contributed by atoms with Gasteiger partial charge in [-0.15, -0.1) is 0 Å². The van der Waals surface area contributed by atoms with Crippen LogP contribution in [0.1, 0.15) is 19.5 Å². The van der Waals surface area contributed by atoms with E-state index in [4.69, 9.17) is 0 Å². The van der Waals surface area contributed by atoms with Gasteiger partial charge < -0.3 is 15.6 Å². The number of hydrogen-bond acceptors (Lipinski definition) is 3. The lowest BCUT2D eigenvalue weighted by atomic mass is 9.98. The van der Waals surface area contributed by atoms with Gasteiger partial charge in [0.05, 0.1) is 6.33 Å². The Hall–Kier alpha value is -1.85. The SMILES string of the molecule is CC(C)C1NC(=O)C(Cc2cnc[nH]2)NC1=O. The third kappa shape index (κ3) is 2.46. The molecule has 2 amide bonds. The quantitative estimate of drug-likeness (QED) is 0.667. The molecule has 0 radical (unpaired) electrons. The number of H-pyrrole nitrogens is 1. The van der Waals surface area contributed by atoms with Crippen LogP contribution in [0.4, 0.5) is 0 Å². The van der Waals surface area contributed by atoms with Gasteiger partial charge in [0, 0.05) is 18.3 Å². The van der Waals surface area contributed by atoms with Gasteiger partial charge in [-0.3, -0.25) is 9.59 Å². The first kappa shape index (κ1) is 11.6. The van der Waals surface area contributed by atoms with E-state index in [1.807, 2.05) is 13.8 Å². The number of piperazine rings is 1. The van der Waals surface area contributed by atoms with Crippen molar-refractivity contribution in [3.05, 3.63) is 18.2 Å². The van der Waals surface area contributed by atoms with Crippen molar-refractivity contribution in [2.45, 2.75) is 32.4 Å². The molecule has 1 aliphatic heterocycles. The lowest BCUT2D eigenvalue weighted by molar-refractivity contribution is -0.137. The van der Waals surface area contributed by atoms with Gasteiger partial charge in [0.25, 0.3) is 0 Å². The fourth-order valence-electron chi connectivity index (χ4n) is 1.88. The Labute approximate surface area is 99.2 Å². The highest BCUT2D eigenvalue weighted by atomic mass is 16.2. The largest absolute Gasteiger partial charge is 0.348 e. The highest BCUT2D eigenvalue weighted by Crippen LogP contribution is 2.09. The van der Waals surface area contributed by atoms with E-state index in [2.05, 4.69) is 20.6 Å². The molecule has 0 bridgehead atoms. The summed E-state index contributed by atoms with van der Waals surface area (Å²) in [4.78, 5) is 30.4. The maximum atomic E-state index is 11.8. The first-order valence-electron chi connectivity index (χ1n) is 5.66. The van der Waals surface area contributed by atoms with Crippen molar-refractivity contribution < 1.29 is 9.59 Å². The maximum absolute atomic E-state index is 11.8. The van der Waals surface area contributed by atoms with Crippen LogP contribution in [0.2, 0.25) is 0 Å². The first-order valence-corrected chi connectivity index (χ1v) is 5.66. The highest BCUT2D eigenvalue weighted by Gasteiger charge is 2.35. The fourth-order valence-corrected chi connectivity index (χ4v) is 1.88. The molecule has 1 fully saturated rings. The van der Waals surface area contributed by atoms with Gasteiger partial charge >= 0.3 is 0 Å². The van der Waals surface area contributed by atoms with E-state index in [-0.39, 0.29) is 17.7 Å². The smallest absolute Gasteiger partial charge is 0.243 e. The number of rotatable bonds is 3. The predicted octanol–water partition coefficient (Wildman–Crippen LogP) is -0.409. The van der Waals surface area contributed by atoms with E-state index >= 15 is 0 Å². The zero-order valence-electron chi connectivity index (χ0n) is 9.86. The number of hydrogen-bond donors (Lipinski definition) is 3. The highest BCUT2D eigenvalue weighted by molar-refractivity contribution is 5.97. The van der Waals surface area contributed by atoms with Crippen molar-refractivity contribution in [1.29, 1.82) is 0 Å². The third-order valence-electron chi connectivity index (χ3n) is 2.86. The molecule has 2 atom stereocenters. The molecular formula is C11H16N4O2. The molecule has 0 aromatic carbocycles. The molecule has 1 aromatic heterocycles. The Balaban J connectivity index is 2.03. The summed E-state index contributed by atoms with van der Waals surface area (Å²) in [6.07, 6.45) is 3.63. The van der Waals surface area contributed by atoms with Crippen LogP contribution in [0.15, 0.2) is 12.5 Å². The van der Waals surface area contributed by atoms with E-state index < -0.39 is 12.1 Å².